The van der Waals surface area contributed by atoms with Crippen LogP contribution in [0.1, 0.15) is 26.2 Å². The maximum Gasteiger partial charge on any atom is 0.451 e. The van der Waals surface area contributed by atoms with Crippen LogP contribution >= 0.6 is 11.8 Å². The molecule has 6 heteroatoms. The van der Waals surface area contributed by atoms with E-state index in [9.17, 15) is 4.79 Å². The van der Waals surface area contributed by atoms with E-state index in [1.54, 1.807) is 18.7 Å². The third-order valence-corrected chi connectivity index (χ3v) is 4.49. The van der Waals surface area contributed by atoms with Crippen molar-refractivity contribution < 1.29 is 14.8 Å². The molecule has 1 rings (SSSR count). The fourth-order valence-electron chi connectivity index (χ4n) is 1.91. The number of hydrogen-bond acceptors (Lipinski definition) is 5. The number of thioether (sulfide) groups is 1. The Morgan fingerprint density at radius 3 is 2.87 bits per heavy atom. The molecule has 1 aliphatic rings. The molecule has 1 heterocycles. The molecule has 4 N–H and O–H groups in total. The van der Waals surface area contributed by atoms with E-state index >= 15 is 0 Å². The van der Waals surface area contributed by atoms with Crippen LogP contribution in [0.4, 0.5) is 0 Å². The molecule has 0 aliphatic carbocycles. The van der Waals surface area contributed by atoms with Gasteiger partial charge in [0.1, 0.15) is 0 Å². The molecule has 1 aliphatic heterocycles. The highest BCUT2D eigenvalue weighted by molar-refractivity contribution is 8.00. The molecule has 1 saturated heterocycles. The Bertz CT molecular complexity index is 239. The van der Waals surface area contributed by atoms with Gasteiger partial charge >= 0.3 is 7.12 Å². The molecule has 0 aromatic heterocycles. The van der Waals surface area contributed by atoms with Crippen molar-refractivity contribution >= 4 is 24.7 Å². The average Bonchev–Trinajstić information content (AvgIpc) is 2.49. The van der Waals surface area contributed by atoms with E-state index in [0.29, 0.717) is 12.7 Å². The summed E-state index contributed by atoms with van der Waals surface area (Å²) in [7, 11) is -1.25. The summed E-state index contributed by atoms with van der Waals surface area (Å²) in [6.45, 7) is 1.54. The second-order valence-electron chi connectivity index (χ2n) is 4.12. The quantitative estimate of drug-likeness (QED) is 0.581. The molecular formula is C9H18BNO3S. The number of carbonyl (C=O) groups is 1. The van der Waals surface area contributed by atoms with Gasteiger partial charge in [0.15, 0.2) is 5.78 Å². The van der Waals surface area contributed by atoms with Gasteiger partial charge in [-0.1, -0.05) is 6.42 Å². The molecule has 15 heavy (non-hydrogen) atoms. The number of nitrogens with two attached hydrogens (primary N) is 1. The Balaban J connectivity index is 2.43. The van der Waals surface area contributed by atoms with Crippen molar-refractivity contribution in [1.82, 2.24) is 0 Å². The van der Waals surface area contributed by atoms with Crippen LogP contribution in [0.25, 0.3) is 0 Å². The third-order valence-electron chi connectivity index (χ3n) is 2.99. The van der Waals surface area contributed by atoms with Gasteiger partial charge in [-0.25, -0.2) is 0 Å². The van der Waals surface area contributed by atoms with E-state index in [4.69, 9.17) is 15.8 Å². The Hall–Kier alpha value is -0.0351. The molecule has 0 radical (unpaired) electrons. The molecule has 0 spiro atoms. The predicted molar refractivity (Wildman–Crippen MR) is 62.7 cm³/mol. The summed E-state index contributed by atoms with van der Waals surface area (Å²) in [4.78, 5) is 11.4. The van der Waals surface area contributed by atoms with Crippen molar-refractivity contribution in [3.8, 4) is 0 Å². The van der Waals surface area contributed by atoms with E-state index in [2.05, 4.69) is 0 Å². The minimum atomic E-state index is -1.25. The van der Waals surface area contributed by atoms with Gasteiger partial charge in [0.05, 0.1) is 5.54 Å². The standard InChI is InChI=1S/C9H18BNO3S/c1-7(12)9(11)4-6-15-8(9)3-2-5-10(13)14/h8,13-14H,2-6,11H2,1H3. The monoisotopic (exact) mass is 231 g/mol. The first-order valence-corrected chi connectivity index (χ1v) is 6.29. The first-order valence-electron chi connectivity index (χ1n) is 5.24. The zero-order valence-corrected chi connectivity index (χ0v) is 9.80. The Kier molecular flexibility index (Phi) is 4.64. The lowest BCUT2D eigenvalue weighted by atomic mass is 9.80. The van der Waals surface area contributed by atoms with Crippen molar-refractivity contribution in [3.63, 3.8) is 0 Å². The van der Waals surface area contributed by atoms with Gasteiger partial charge in [-0.3, -0.25) is 4.79 Å². The van der Waals surface area contributed by atoms with Crippen molar-refractivity contribution in [2.75, 3.05) is 5.75 Å². The van der Waals surface area contributed by atoms with Crippen LogP contribution in [0.2, 0.25) is 6.32 Å². The SMILES string of the molecule is CC(=O)C1(N)CCSC1CCCB(O)O. The topological polar surface area (TPSA) is 83.6 Å². The number of carbonyl (C=O) groups excluding carboxylic acids is 1. The summed E-state index contributed by atoms with van der Waals surface area (Å²) in [5, 5.41) is 17.6. The van der Waals surface area contributed by atoms with Crippen molar-refractivity contribution in [3.05, 3.63) is 0 Å². The zero-order valence-electron chi connectivity index (χ0n) is 8.98. The largest absolute Gasteiger partial charge is 0.451 e. The normalized spacial score (nSPS) is 30.5. The summed E-state index contributed by atoms with van der Waals surface area (Å²) >= 11 is 1.72. The van der Waals surface area contributed by atoms with E-state index in [0.717, 1.165) is 18.6 Å². The molecule has 2 atom stereocenters. The highest BCUT2D eigenvalue weighted by atomic mass is 32.2. The minimum absolute atomic E-state index is 0.0436. The van der Waals surface area contributed by atoms with Crippen LogP contribution in [0.5, 0.6) is 0 Å². The third kappa shape index (κ3) is 3.21. The minimum Gasteiger partial charge on any atom is -0.427 e. The van der Waals surface area contributed by atoms with E-state index in [-0.39, 0.29) is 11.0 Å². The van der Waals surface area contributed by atoms with Gasteiger partial charge in [0.25, 0.3) is 0 Å². The molecule has 0 saturated carbocycles. The first kappa shape index (κ1) is 13.0. The van der Waals surface area contributed by atoms with Gasteiger partial charge in [0, 0.05) is 5.25 Å². The van der Waals surface area contributed by atoms with Gasteiger partial charge in [-0.15, -0.1) is 0 Å². The van der Waals surface area contributed by atoms with Crippen LogP contribution in [0.15, 0.2) is 0 Å². The molecule has 2 unspecified atom stereocenters. The molecule has 1 fully saturated rings. The molecule has 0 bridgehead atoms. The van der Waals surface area contributed by atoms with Crippen molar-refractivity contribution in [2.45, 2.75) is 43.3 Å². The van der Waals surface area contributed by atoms with Gasteiger partial charge < -0.3 is 15.8 Å². The first-order chi connectivity index (χ1) is 6.97. The van der Waals surface area contributed by atoms with Crippen molar-refractivity contribution in [2.24, 2.45) is 5.73 Å². The average molecular weight is 231 g/mol. The molecule has 0 aromatic carbocycles. The molecular weight excluding hydrogens is 213 g/mol. The summed E-state index contributed by atoms with van der Waals surface area (Å²) in [5.41, 5.74) is 5.38. The zero-order chi connectivity index (χ0) is 11.5. The van der Waals surface area contributed by atoms with Crippen LogP contribution in [0.3, 0.4) is 0 Å². The molecule has 0 amide bonds. The van der Waals surface area contributed by atoms with Gasteiger partial charge in [0.2, 0.25) is 0 Å². The Morgan fingerprint density at radius 1 is 1.67 bits per heavy atom. The van der Waals surface area contributed by atoms with Crippen LogP contribution in [-0.4, -0.2) is 39.5 Å². The number of hydrogen-bond donors (Lipinski definition) is 3. The van der Waals surface area contributed by atoms with Crippen LogP contribution in [0, 0.1) is 0 Å². The second-order valence-corrected chi connectivity index (χ2v) is 5.43. The lowest BCUT2D eigenvalue weighted by molar-refractivity contribution is -0.122. The van der Waals surface area contributed by atoms with E-state index in [1.807, 2.05) is 0 Å². The molecule has 4 nitrogen and oxygen atoms in total. The fraction of sp³-hybridized carbons (Fsp3) is 0.889. The summed E-state index contributed by atoms with van der Waals surface area (Å²) in [5.74, 6) is 0.963. The maximum absolute atomic E-state index is 11.4. The number of ketones is 1. The number of Topliss-reactive ketones (excluding diaryl/α,β-unsaturated/α-hetero) is 1. The Labute approximate surface area is 94.8 Å². The predicted octanol–water partition coefficient (Wildman–Crippen LogP) is 0.0314. The van der Waals surface area contributed by atoms with E-state index < -0.39 is 12.7 Å². The maximum atomic E-state index is 11.4. The second kappa shape index (κ2) is 5.34. The van der Waals surface area contributed by atoms with Gasteiger partial charge in [-0.05, 0) is 31.8 Å². The van der Waals surface area contributed by atoms with Crippen molar-refractivity contribution in [1.29, 1.82) is 0 Å². The lowest BCUT2D eigenvalue weighted by Gasteiger charge is -2.27. The summed E-state index contributed by atoms with van der Waals surface area (Å²) in [6.07, 6.45) is 2.56. The summed E-state index contributed by atoms with van der Waals surface area (Å²) in [6, 6.07) is 0. The van der Waals surface area contributed by atoms with Crippen LogP contribution in [-0.2, 0) is 4.79 Å². The Morgan fingerprint density at radius 2 is 2.33 bits per heavy atom. The molecule has 0 aromatic rings. The highest BCUT2D eigenvalue weighted by Crippen LogP contribution is 2.37. The van der Waals surface area contributed by atoms with E-state index in [1.165, 1.54) is 0 Å². The summed E-state index contributed by atoms with van der Waals surface area (Å²) < 4.78 is 0. The highest BCUT2D eigenvalue weighted by Gasteiger charge is 2.43. The molecule has 86 valence electrons. The van der Waals surface area contributed by atoms with Gasteiger partial charge in [-0.2, -0.15) is 11.8 Å². The van der Waals surface area contributed by atoms with Crippen LogP contribution < -0.4 is 5.73 Å². The lowest BCUT2D eigenvalue weighted by Crippen LogP contribution is -2.52. The fourth-order valence-corrected chi connectivity index (χ4v) is 3.56. The number of rotatable bonds is 5. The smallest absolute Gasteiger partial charge is 0.427 e.